The molecule has 0 aliphatic carbocycles. The van der Waals surface area contributed by atoms with Crippen LogP contribution in [-0.4, -0.2) is 26.0 Å². The third kappa shape index (κ3) is 2.25. The van der Waals surface area contributed by atoms with Crippen molar-refractivity contribution in [2.24, 2.45) is 0 Å². The van der Waals surface area contributed by atoms with Gasteiger partial charge in [-0.15, -0.1) is 0 Å². The standard InChI is InChI=1S/C9H7N5O3/c15-9(12-7-3-5-11-13-7)6-2-1-4-10-8(6)14(16)17/h1-5H,(H2,11,12,13,15). The number of pyridine rings is 1. The summed E-state index contributed by atoms with van der Waals surface area (Å²) in [6.07, 6.45) is 2.77. The van der Waals surface area contributed by atoms with Crippen LogP contribution in [0.1, 0.15) is 10.4 Å². The number of carbonyl (C=O) groups excluding carboxylic acids is 1. The van der Waals surface area contributed by atoms with Gasteiger partial charge in [-0.2, -0.15) is 5.10 Å². The first-order chi connectivity index (χ1) is 8.18. The van der Waals surface area contributed by atoms with Crippen LogP contribution in [0, 0.1) is 10.1 Å². The normalized spacial score (nSPS) is 9.88. The van der Waals surface area contributed by atoms with Crippen molar-refractivity contribution in [1.82, 2.24) is 15.2 Å². The van der Waals surface area contributed by atoms with Gasteiger partial charge >= 0.3 is 5.82 Å². The molecule has 2 aromatic rings. The molecule has 0 aliphatic rings. The van der Waals surface area contributed by atoms with E-state index in [9.17, 15) is 14.9 Å². The first-order valence-corrected chi connectivity index (χ1v) is 4.59. The van der Waals surface area contributed by atoms with E-state index in [2.05, 4.69) is 20.5 Å². The smallest absolute Gasteiger partial charge is 0.358 e. The number of hydrogen-bond acceptors (Lipinski definition) is 5. The van der Waals surface area contributed by atoms with Crippen LogP contribution in [0.4, 0.5) is 11.6 Å². The molecule has 0 radical (unpaired) electrons. The third-order valence-corrected chi connectivity index (χ3v) is 1.95. The highest BCUT2D eigenvalue weighted by Gasteiger charge is 2.21. The number of rotatable bonds is 3. The van der Waals surface area contributed by atoms with Crippen molar-refractivity contribution in [3.8, 4) is 0 Å². The Morgan fingerprint density at radius 3 is 2.94 bits per heavy atom. The van der Waals surface area contributed by atoms with E-state index >= 15 is 0 Å². The van der Waals surface area contributed by atoms with Gasteiger partial charge in [0.25, 0.3) is 5.91 Å². The molecule has 8 heteroatoms. The Morgan fingerprint density at radius 2 is 2.29 bits per heavy atom. The Hall–Kier alpha value is -2.77. The fourth-order valence-electron chi connectivity index (χ4n) is 1.23. The number of anilines is 1. The van der Waals surface area contributed by atoms with Crippen molar-refractivity contribution in [1.29, 1.82) is 0 Å². The second kappa shape index (κ2) is 4.39. The highest BCUT2D eigenvalue weighted by Crippen LogP contribution is 2.15. The summed E-state index contributed by atoms with van der Waals surface area (Å²) >= 11 is 0. The molecule has 0 aliphatic heterocycles. The second-order valence-corrected chi connectivity index (χ2v) is 3.05. The van der Waals surface area contributed by atoms with Crippen LogP contribution in [-0.2, 0) is 0 Å². The predicted molar refractivity (Wildman–Crippen MR) is 57.4 cm³/mol. The molecule has 0 saturated heterocycles. The van der Waals surface area contributed by atoms with E-state index in [-0.39, 0.29) is 11.4 Å². The molecule has 0 spiro atoms. The molecule has 2 N–H and O–H groups in total. The van der Waals surface area contributed by atoms with Gasteiger partial charge in [0.15, 0.2) is 5.82 Å². The van der Waals surface area contributed by atoms with Crippen LogP contribution in [0.25, 0.3) is 0 Å². The molecule has 2 heterocycles. The predicted octanol–water partition coefficient (Wildman–Crippen LogP) is 0.965. The highest BCUT2D eigenvalue weighted by molar-refractivity contribution is 6.06. The van der Waals surface area contributed by atoms with Gasteiger partial charge in [-0.1, -0.05) is 0 Å². The fraction of sp³-hybridized carbons (Fsp3) is 0. The molecule has 0 fully saturated rings. The topological polar surface area (TPSA) is 114 Å². The summed E-state index contributed by atoms with van der Waals surface area (Å²) in [5.41, 5.74) is -0.111. The lowest BCUT2D eigenvalue weighted by Gasteiger charge is -2.01. The van der Waals surface area contributed by atoms with Crippen LogP contribution < -0.4 is 5.32 Å². The van der Waals surface area contributed by atoms with Crippen molar-refractivity contribution >= 4 is 17.5 Å². The summed E-state index contributed by atoms with van der Waals surface area (Å²) in [5.74, 6) is -0.828. The van der Waals surface area contributed by atoms with E-state index in [1.54, 1.807) is 0 Å². The summed E-state index contributed by atoms with van der Waals surface area (Å²) in [6.45, 7) is 0. The number of aromatic amines is 1. The van der Waals surface area contributed by atoms with Crippen LogP contribution in [0.2, 0.25) is 0 Å². The summed E-state index contributed by atoms with van der Waals surface area (Å²) in [6, 6.07) is 4.31. The summed E-state index contributed by atoms with van der Waals surface area (Å²) in [5, 5.41) is 19.3. The number of nitrogens with one attached hydrogen (secondary N) is 2. The largest absolute Gasteiger partial charge is 0.376 e. The first-order valence-electron chi connectivity index (χ1n) is 4.59. The Kier molecular flexibility index (Phi) is 2.77. The first kappa shape index (κ1) is 10.7. The lowest BCUT2D eigenvalue weighted by atomic mass is 10.2. The number of amides is 1. The summed E-state index contributed by atoms with van der Waals surface area (Å²) < 4.78 is 0. The lowest BCUT2D eigenvalue weighted by molar-refractivity contribution is -0.389. The van der Waals surface area contributed by atoms with E-state index in [0.717, 1.165) is 0 Å². The average molecular weight is 233 g/mol. The minimum absolute atomic E-state index is 0.111. The Morgan fingerprint density at radius 1 is 1.47 bits per heavy atom. The number of H-pyrrole nitrogens is 1. The second-order valence-electron chi connectivity index (χ2n) is 3.05. The van der Waals surface area contributed by atoms with E-state index < -0.39 is 16.6 Å². The molecule has 0 unspecified atom stereocenters. The van der Waals surface area contributed by atoms with Gasteiger partial charge in [0.1, 0.15) is 11.8 Å². The Balaban J connectivity index is 2.28. The van der Waals surface area contributed by atoms with Gasteiger partial charge in [0, 0.05) is 12.3 Å². The minimum atomic E-state index is -0.709. The quantitative estimate of drug-likeness (QED) is 0.605. The maximum atomic E-state index is 11.7. The maximum Gasteiger partial charge on any atom is 0.376 e. The third-order valence-electron chi connectivity index (χ3n) is 1.95. The van der Waals surface area contributed by atoms with Gasteiger partial charge in [-0.3, -0.25) is 9.89 Å². The van der Waals surface area contributed by atoms with Crippen molar-refractivity contribution in [2.45, 2.75) is 0 Å². The Labute approximate surface area is 94.8 Å². The molecule has 0 saturated carbocycles. The van der Waals surface area contributed by atoms with Gasteiger partial charge < -0.3 is 15.4 Å². The number of hydrogen-bond donors (Lipinski definition) is 2. The fourth-order valence-corrected chi connectivity index (χ4v) is 1.23. The maximum absolute atomic E-state index is 11.7. The zero-order valence-electron chi connectivity index (χ0n) is 8.45. The van der Waals surface area contributed by atoms with E-state index in [4.69, 9.17) is 0 Å². The van der Waals surface area contributed by atoms with Gasteiger partial charge in [0.2, 0.25) is 0 Å². The SMILES string of the molecule is O=C(Nc1cc[nH]n1)c1cccnc1[N+](=O)[O-]. The van der Waals surface area contributed by atoms with E-state index in [0.29, 0.717) is 0 Å². The van der Waals surface area contributed by atoms with Crippen LogP contribution >= 0.6 is 0 Å². The molecular weight excluding hydrogens is 226 g/mol. The van der Waals surface area contributed by atoms with Crippen molar-refractivity contribution in [3.05, 3.63) is 46.3 Å². The molecule has 86 valence electrons. The molecule has 1 amide bonds. The van der Waals surface area contributed by atoms with Crippen molar-refractivity contribution < 1.29 is 9.72 Å². The Bertz CT molecular complexity index is 552. The zero-order chi connectivity index (χ0) is 12.3. The number of aromatic nitrogens is 3. The summed E-state index contributed by atoms with van der Waals surface area (Å²) in [4.78, 5) is 25.2. The highest BCUT2D eigenvalue weighted by atomic mass is 16.6. The molecular formula is C9H7N5O3. The molecule has 17 heavy (non-hydrogen) atoms. The van der Waals surface area contributed by atoms with E-state index in [1.807, 2.05) is 0 Å². The van der Waals surface area contributed by atoms with Crippen molar-refractivity contribution in [2.75, 3.05) is 5.32 Å². The molecule has 0 atom stereocenters. The monoisotopic (exact) mass is 233 g/mol. The molecule has 0 bridgehead atoms. The van der Waals surface area contributed by atoms with E-state index in [1.165, 1.54) is 30.6 Å². The van der Waals surface area contributed by atoms with Crippen LogP contribution in [0.3, 0.4) is 0 Å². The number of nitrogens with zero attached hydrogens (tertiary/aromatic N) is 3. The van der Waals surface area contributed by atoms with Gasteiger partial charge in [0.05, 0.1) is 0 Å². The van der Waals surface area contributed by atoms with Gasteiger partial charge in [-0.25, -0.2) is 0 Å². The van der Waals surface area contributed by atoms with Crippen molar-refractivity contribution in [3.63, 3.8) is 0 Å². The van der Waals surface area contributed by atoms with Crippen LogP contribution in [0.5, 0.6) is 0 Å². The summed E-state index contributed by atoms with van der Waals surface area (Å²) in [7, 11) is 0. The molecule has 2 rings (SSSR count). The minimum Gasteiger partial charge on any atom is -0.358 e. The lowest BCUT2D eigenvalue weighted by Crippen LogP contribution is -2.14. The van der Waals surface area contributed by atoms with Crippen LogP contribution in [0.15, 0.2) is 30.6 Å². The number of carbonyl (C=O) groups is 1. The molecule has 0 aromatic carbocycles. The molecule has 2 aromatic heterocycles. The molecule has 8 nitrogen and oxygen atoms in total. The number of nitro groups is 1. The average Bonchev–Trinajstić information content (AvgIpc) is 2.81. The van der Waals surface area contributed by atoms with Gasteiger partial charge in [-0.05, 0) is 22.0 Å². The zero-order valence-corrected chi connectivity index (χ0v) is 8.45.